The Morgan fingerprint density at radius 3 is 2.71 bits per heavy atom. The topological polar surface area (TPSA) is 17.1 Å². The van der Waals surface area contributed by atoms with Gasteiger partial charge in [-0.05, 0) is 47.3 Å². The van der Waals surface area contributed by atoms with E-state index in [0.29, 0.717) is 14.6 Å². The maximum absolute atomic E-state index is 13.6. The molecule has 1 heterocycles. The van der Waals surface area contributed by atoms with E-state index in [1.54, 1.807) is 12.1 Å². The van der Waals surface area contributed by atoms with E-state index in [1.165, 1.54) is 41.7 Å². The van der Waals surface area contributed by atoms with Gasteiger partial charge in [-0.25, -0.2) is 8.78 Å². The van der Waals surface area contributed by atoms with Crippen LogP contribution in [0.25, 0.3) is 10.1 Å². The van der Waals surface area contributed by atoms with Crippen molar-refractivity contribution in [2.24, 2.45) is 0 Å². The van der Waals surface area contributed by atoms with E-state index in [9.17, 15) is 13.6 Å². The van der Waals surface area contributed by atoms with Gasteiger partial charge in [-0.1, -0.05) is 17.7 Å². The minimum absolute atomic E-state index is 0.0678. The third-order valence-electron chi connectivity index (χ3n) is 3.12. The molecule has 106 valence electrons. The minimum Gasteiger partial charge on any atom is -0.293 e. The highest BCUT2D eigenvalue weighted by Gasteiger charge is 2.14. The summed E-state index contributed by atoms with van der Waals surface area (Å²) in [5.74, 6) is -1.01. The first-order valence-corrected chi connectivity index (χ1v) is 7.38. The number of fused-ring (bicyclic) bond motifs is 1. The molecule has 5 heteroatoms. The average Bonchev–Trinajstić information content (AvgIpc) is 2.86. The highest BCUT2D eigenvalue weighted by Crippen LogP contribution is 2.28. The van der Waals surface area contributed by atoms with E-state index in [1.807, 2.05) is 0 Å². The predicted molar refractivity (Wildman–Crippen MR) is 81.2 cm³/mol. The van der Waals surface area contributed by atoms with Crippen LogP contribution in [0.5, 0.6) is 0 Å². The van der Waals surface area contributed by atoms with Crippen LogP contribution in [0, 0.1) is 11.6 Å². The van der Waals surface area contributed by atoms with Crippen LogP contribution in [0.15, 0.2) is 42.5 Å². The fourth-order valence-corrected chi connectivity index (χ4v) is 3.30. The van der Waals surface area contributed by atoms with E-state index in [2.05, 4.69) is 0 Å². The van der Waals surface area contributed by atoms with Crippen LogP contribution in [0.4, 0.5) is 8.78 Å². The van der Waals surface area contributed by atoms with Crippen LogP contribution in [0.3, 0.4) is 0 Å². The van der Waals surface area contributed by atoms with Gasteiger partial charge in [0.1, 0.15) is 11.6 Å². The molecule has 0 radical (unpaired) electrons. The van der Waals surface area contributed by atoms with Crippen LogP contribution in [-0.2, 0) is 6.42 Å². The van der Waals surface area contributed by atoms with Gasteiger partial charge in [0, 0.05) is 16.1 Å². The van der Waals surface area contributed by atoms with Gasteiger partial charge in [-0.3, -0.25) is 4.79 Å². The Kier molecular flexibility index (Phi) is 3.74. The van der Waals surface area contributed by atoms with Crippen molar-refractivity contribution in [3.8, 4) is 0 Å². The zero-order chi connectivity index (χ0) is 15.0. The summed E-state index contributed by atoms with van der Waals surface area (Å²) >= 11 is 7.01. The molecule has 0 spiro atoms. The quantitative estimate of drug-likeness (QED) is 0.601. The SMILES string of the molecule is O=C(Cc1cc(Cl)ccc1F)c1cc2ccc(F)cc2s1. The third-order valence-corrected chi connectivity index (χ3v) is 4.49. The second-order valence-electron chi connectivity index (χ2n) is 4.63. The van der Waals surface area contributed by atoms with Crippen molar-refractivity contribution in [1.29, 1.82) is 0 Å². The molecule has 0 bridgehead atoms. The number of halogens is 3. The Balaban J connectivity index is 1.91. The summed E-state index contributed by atoms with van der Waals surface area (Å²) in [6.45, 7) is 0. The van der Waals surface area contributed by atoms with Gasteiger partial charge < -0.3 is 0 Å². The highest BCUT2D eigenvalue weighted by atomic mass is 35.5. The number of ketones is 1. The van der Waals surface area contributed by atoms with Crippen molar-refractivity contribution in [2.45, 2.75) is 6.42 Å². The van der Waals surface area contributed by atoms with Crippen LogP contribution < -0.4 is 0 Å². The van der Waals surface area contributed by atoms with Crippen LogP contribution in [0.2, 0.25) is 5.02 Å². The number of thiophene rings is 1. The van der Waals surface area contributed by atoms with E-state index in [4.69, 9.17) is 11.6 Å². The zero-order valence-corrected chi connectivity index (χ0v) is 12.3. The van der Waals surface area contributed by atoms with Crippen LogP contribution >= 0.6 is 22.9 Å². The standard InChI is InChI=1S/C16H9ClF2OS/c17-11-2-4-13(19)10(5-11)6-14(20)16-7-9-1-3-12(18)8-15(9)21-16/h1-5,7-8H,6H2. The monoisotopic (exact) mass is 322 g/mol. The van der Waals surface area contributed by atoms with E-state index in [0.717, 1.165) is 5.39 Å². The average molecular weight is 323 g/mol. The minimum atomic E-state index is -0.458. The van der Waals surface area contributed by atoms with Crippen LogP contribution in [-0.4, -0.2) is 5.78 Å². The third kappa shape index (κ3) is 2.96. The molecule has 0 saturated carbocycles. The molecule has 2 aromatic carbocycles. The second kappa shape index (κ2) is 5.54. The summed E-state index contributed by atoms with van der Waals surface area (Å²) in [6.07, 6.45) is -0.0678. The predicted octanol–water partition coefficient (Wildman–Crippen LogP) is 5.26. The van der Waals surface area contributed by atoms with Crippen molar-refractivity contribution >= 4 is 38.8 Å². The lowest BCUT2D eigenvalue weighted by atomic mass is 10.1. The molecule has 0 amide bonds. The summed E-state index contributed by atoms with van der Waals surface area (Å²) in [7, 11) is 0. The fourth-order valence-electron chi connectivity index (χ4n) is 2.08. The van der Waals surface area contributed by atoms with Gasteiger partial charge in [0.25, 0.3) is 0 Å². The molecule has 0 atom stereocenters. The fraction of sp³-hybridized carbons (Fsp3) is 0.0625. The van der Waals surface area contributed by atoms with E-state index >= 15 is 0 Å². The lowest BCUT2D eigenvalue weighted by molar-refractivity contribution is 0.0995. The molecule has 0 aliphatic heterocycles. The molecular formula is C16H9ClF2OS. The number of Topliss-reactive ketones (excluding diaryl/α,β-unsaturated/α-hetero) is 1. The molecule has 1 nitrogen and oxygen atoms in total. The molecule has 0 aliphatic rings. The van der Waals surface area contributed by atoms with Gasteiger partial charge in [0.15, 0.2) is 5.78 Å². The number of benzene rings is 2. The Bertz CT molecular complexity index is 841. The van der Waals surface area contributed by atoms with Crippen molar-refractivity contribution in [1.82, 2.24) is 0 Å². The number of hydrogen-bond donors (Lipinski definition) is 0. The molecule has 0 aliphatic carbocycles. The van der Waals surface area contributed by atoms with Gasteiger partial charge in [-0.15, -0.1) is 11.3 Å². The number of carbonyl (C=O) groups is 1. The maximum Gasteiger partial charge on any atom is 0.177 e. The first-order valence-electron chi connectivity index (χ1n) is 6.19. The molecule has 21 heavy (non-hydrogen) atoms. The zero-order valence-electron chi connectivity index (χ0n) is 10.7. The number of rotatable bonds is 3. The summed E-state index contributed by atoms with van der Waals surface area (Å²) in [4.78, 5) is 12.7. The van der Waals surface area contributed by atoms with Gasteiger partial charge in [-0.2, -0.15) is 0 Å². The Hall–Kier alpha value is -1.78. The first kappa shape index (κ1) is 14.2. The Labute approximate surface area is 128 Å². The molecule has 3 aromatic rings. The lowest BCUT2D eigenvalue weighted by Crippen LogP contribution is -2.03. The van der Waals surface area contributed by atoms with Crippen LogP contribution in [0.1, 0.15) is 15.2 Å². The van der Waals surface area contributed by atoms with E-state index < -0.39 is 5.82 Å². The number of carbonyl (C=O) groups excluding carboxylic acids is 1. The molecule has 0 unspecified atom stereocenters. The summed E-state index contributed by atoms with van der Waals surface area (Å²) in [5, 5.41) is 1.19. The Morgan fingerprint density at radius 1 is 1.10 bits per heavy atom. The smallest absolute Gasteiger partial charge is 0.177 e. The van der Waals surface area contributed by atoms with Crippen molar-refractivity contribution in [2.75, 3.05) is 0 Å². The molecule has 3 rings (SSSR count). The van der Waals surface area contributed by atoms with Gasteiger partial charge >= 0.3 is 0 Å². The van der Waals surface area contributed by atoms with Gasteiger partial charge in [0.2, 0.25) is 0 Å². The van der Waals surface area contributed by atoms with Crippen molar-refractivity contribution in [3.63, 3.8) is 0 Å². The van der Waals surface area contributed by atoms with Crippen molar-refractivity contribution < 1.29 is 13.6 Å². The Morgan fingerprint density at radius 2 is 1.90 bits per heavy atom. The second-order valence-corrected chi connectivity index (χ2v) is 6.15. The van der Waals surface area contributed by atoms with Gasteiger partial charge in [0.05, 0.1) is 4.88 Å². The molecule has 0 N–H and O–H groups in total. The molecule has 0 fully saturated rings. The summed E-state index contributed by atoms with van der Waals surface area (Å²) < 4.78 is 27.5. The maximum atomic E-state index is 13.6. The summed E-state index contributed by atoms with van der Waals surface area (Å²) in [5.41, 5.74) is 0.260. The normalized spacial score (nSPS) is 11.0. The molecule has 0 saturated heterocycles. The number of hydrogen-bond acceptors (Lipinski definition) is 2. The lowest BCUT2D eigenvalue weighted by Gasteiger charge is -2.02. The molecule has 1 aromatic heterocycles. The first-order chi connectivity index (χ1) is 10.0. The van der Waals surface area contributed by atoms with E-state index in [-0.39, 0.29) is 23.6 Å². The summed E-state index contributed by atoms with van der Waals surface area (Å²) in [6, 6.07) is 10.2. The van der Waals surface area contributed by atoms with Crippen molar-refractivity contribution in [3.05, 3.63) is 69.6 Å². The largest absolute Gasteiger partial charge is 0.293 e. The molecular weight excluding hydrogens is 314 g/mol. The highest BCUT2D eigenvalue weighted by molar-refractivity contribution is 7.20.